The molecule has 1 unspecified atom stereocenters. The molecule has 24 heavy (non-hydrogen) atoms. The van der Waals surface area contributed by atoms with Crippen molar-refractivity contribution in [2.45, 2.75) is 45.1 Å². The lowest BCUT2D eigenvalue weighted by Gasteiger charge is -2.22. The molecule has 0 aliphatic carbocycles. The van der Waals surface area contributed by atoms with Crippen LogP contribution in [0.3, 0.4) is 0 Å². The molecule has 1 fully saturated rings. The zero-order chi connectivity index (χ0) is 18.0. The smallest absolute Gasteiger partial charge is 0.225 e. The molecule has 134 valence electrons. The van der Waals surface area contributed by atoms with Gasteiger partial charge in [0.15, 0.2) is 9.84 Å². The Hall–Kier alpha value is -1.40. The van der Waals surface area contributed by atoms with Gasteiger partial charge in [-0.2, -0.15) is 0 Å². The van der Waals surface area contributed by atoms with Gasteiger partial charge in [0.05, 0.1) is 11.5 Å². The molecule has 1 saturated heterocycles. The fourth-order valence-corrected chi connectivity index (χ4v) is 4.67. The summed E-state index contributed by atoms with van der Waals surface area (Å²) in [5, 5.41) is 2.90. The van der Waals surface area contributed by atoms with Crippen LogP contribution < -0.4 is 5.32 Å². The molecule has 1 N–H and O–H groups in total. The summed E-state index contributed by atoms with van der Waals surface area (Å²) in [6, 6.07) is 7.95. The first-order valence-corrected chi connectivity index (χ1v) is 10.2. The van der Waals surface area contributed by atoms with Gasteiger partial charge < -0.3 is 10.2 Å². The van der Waals surface area contributed by atoms with Crippen molar-refractivity contribution in [2.75, 3.05) is 30.4 Å². The van der Waals surface area contributed by atoms with Gasteiger partial charge in [-0.25, -0.2) is 8.42 Å². The van der Waals surface area contributed by atoms with Crippen LogP contribution in [0.2, 0.25) is 0 Å². The molecule has 0 bridgehead atoms. The molecule has 6 heteroatoms. The molecule has 0 aromatic heterocycles. The highest BCUT2D eigenvalue weighted by Crippen LogP contribution is 2.23. The summed E-state index contributed by atoms with van der Waals surface area (Å²) >= 11 is 0. The van der Waals surface area contributed by atoms with Gasteiger partial charge in [0.2, 0.25) is 5.91 Å². The van der Waals surface area contributed by atoms with Crippen molar-refractivity contribution in [2.24, 2.45) is 0 Å². The predicted octanol–water partition coefficient (Wildman–Crippen LogP) is 2.43. The van der Waals surface area contributed by atoms with Crippen LogP contribution in [-0.2, 0) is 20.0 Å². The summed E-state index contributed by atoms with van der Waals surface area (Å²) < 4.78 is 23.0. The molecule has 1 heterocycles. The van der Waals surface area contributed by atoms with Gasteiger partial charge >= 0.3 is 0 Å². The van der Waals surface area contributed by atoms with Crippen LogP contribution in [0.1, 0.15) is 39.2 Å². The van der Waals surface area contributed by atoms with E-state index in [0.29, 0.717) is 19.4 Å². The van der Waals surface area contributed by atoms with E-state index in [1.165, 1.54) is 5.56 Å². The zero-order valence-electron chi connectivity index (χ0n) is 15.0. The molecule has 1 aromatic carbocycles. The summed E-state index contributed by atoms with van der Waals surface area (Å²) in [6.07, 6.45) is 1.02. The molecule has 1 atom stereocenters. The Morgan fingerprint density at radius 1 is 1.25 bits per heavy atom. The van der Waals surface area contributed by atoms with Crippen molar-refractivity contribution in [1.29, 1.82) is 0 Å². The third kappa shape index (κ3) is 5.31. The summed E-state index contributed by atoms with van der Waals surface area (Å²) in [5.74, 6) is 0.416. The first-order valence-electron chi connectivity index (χ1n) is 8.38. The van der Waals surface area contributed by atoms with E-state index in [-0.39, 0.29) is 28.9 Å². The molecule has 1 aromatic rings. The van der Waals surface area contributed by atoms with E-state index in [9.17, 15) is 13.2 Å². The molecule has 1 amide bonds. The number of nitrogens with one attached hydrogen (secondary N) is 1. The monoisotopic (exact) mass is 352 g/mol. The fraction of sp³-hybridized carbons (Fsp3) is 0.611. The Morgan fingerprint density at radius 3 is 2.38 bits per heavy atom. The molecular formula is C18H28N2O3S. The van der Waals surface area contributed by atoms with Crippen LogP contribution in [0.5, 0.6) is 0 Å². The second-order valence-electron chi connectivity index (χ2n) is 7.66. The quantitative estimate of drug-likeness (QED) is 0.884. The van der Waals surface area contributed by atoms with E-state index in [2.05, 4.69) is 26.1 Å². The minimum atomic E-state index is -2.89. The Kier molecular flexibility index (Phi) is 5.71. The predicted molar refractivity (Wildman–Crippen MR) is 98.1 cm³/mol. The van der Waals surface area contributed by atoms with Crippen molar-refractivity contribution in [3.05, 3.63) is 29.8 Å². The SMILES string of the molecule is CN(CCC(=O)Nc1ccc(C(C)(C)C)cc1)C1CCS(=O)(=O)C1. The third-order valence-corrected chi connectivity index (χ3v) is 6.31. The average molecular weight is 353 g/mol. The number of anilines is 1. The van der Waals surface area contributed by atoms with E-state index < -0.39 is 9.84 Å². The van der Waals surface area contributed by atoms with E-state index in [4.69, 9.17) is 0 Å². The number of amides is 1. The number of hydrogen-bond acceptors (Lipinski definition) is 4. The number of nitrogens with zero attached hydrogens (tertiary/aromatic N) is 1. The minimum Gasteiger partial charge on any atom is -0.326 e. The molecule has 1 aliphatic heterocycles. The maximum absolute atomic E-state index is 12.1. The second kappa shape index (κ2) is 7.23. The Morgan fingerprint density at radius 2 is 1.88 bits per heavy atom. The number of carbonyl (C=O) groups is 1. The lowest BCUT2D eigenvalue weighted by atomic mass is 9.87. The van der Waals surface area contributed by atoms with Crippen LogP contribution in [-0.4, -0.2) is 50.4 Å². The van der Waals surface area contributed by atoms with Crippen molar-refractivity contribution < 1.29 is 13.2 Å². The van der Waals surface area contributed by atoms with Crippen molar-refractivity contribution in [3.8, 4) is 0 Å². The molecule has 0 spiro atoms. The maximum Gasteiger partial charge on any atom is 0.225 e. The highest BCUT2D eigenvalue weighted by atomic mass is 32.2. The number of benzene rings is 1. The van der Waals surface area contributed by atoms with Crippen LogP contribution >= 0.6 is 0 Å². The fourth-order valence-electron chi connectivity index (χ4n) is 2.86. The number of sulfone groups is 1. The summed E-state index contributed by atoms with van der Waals surface area (Å²) in [6.45, 7) is 7.02. The lowest BCUT2D eigenvalue weighted by molar-refractivity contribution is -0.116. The van der Waals surface area contributed by atoms with Crippen LogP contribution in [0.25, 0.3) is 0 Å². The molecule has 1 aliphatic rings. The Balaban J connectivity index is 1.81. The van der Waals surface area contributed by atoms with E-state index in [1.807, 2.05) is 36.2 Å². The van der Waals surface area contributed by atoms with Crippen LogP contribution in [0.15, 0.2) is 24.3 Å². The van der Waals surface area contributed by atoms with Crippen LogP contribution in [0.4, 0.5) is 5.69 Å². The van der Waals surface area contributed by atoms with Gasteiger partial charge in [-0.05, 0) is 36.6 Å². The van der Waals surface area contributed by atoms with E-state index in [1.54, 1.807) is 0 Å². The van der Waals surface area contributed by atoms with Crippen molar-refractivity contribution in [3.63, 3.8) is 0 Å². The zero-order valence-corrected chi connectivity index (χ0v) is 15.8. The number of hydrogen-bond donors (Lipinski definition) is 1. The van der Waals surface area contributed by atoms with Gasteiger partial charge in [0.1, 0.15) is 0 Å². The van der Waals surface area contributed by atoms with Gasteiger partial charge in [0.25, 0.3) is 0 Å². The molecule has 0 radical (unpaired) electrons. The molecular weight excluding hydrogens is 324 g/mol. The molecule has 5 nitrogen and oxygen atoms in total. The molecule has 0 saturated carbocycles. The van der Waals surface area contributed by atoms with Gasteiger partial charge in [-0.15, -0.1) is 0 Å². The normalized spacial score (nSPS) is 20.3. The van der Waals surface area contributed by atoms with Crippen molar-refractivity contribution in [1.82, 2.24) is 4.90 Å². The molecule has 2 rings (SSSR count). The summed E-state index contributed by atoms with van der Waals surface area (Å²) in [4.78, 5) is 14.1. The Bertz CT molecular complexity index is 675. The van der Waals surface area contributed by atoms with Gasteiger partial charge in [0, 0.05) is 24.7 Å². The van der Waals surface area contributed by atoms with E-state index >= 15 is 0 Å². The maximum atomic E-state index is 12.1. The average Bonchev–Trinajstić information content (AvgIpc) is 2.85. The topological polar surface area (TPSA) is 66.5 Å². The van der Waals surface area contributed by atoms with Gasteiger partial charge in [-0.3, -0.25) is 4.79 Å². The second-order valence-corrected chi connectivity index (χ2v) is 9.89. The summed E-state index contributed by atoms with van der Waals surface area (Å²) in [7, 11) is -1.00. The largest absolute Gasteiger partial charge is 0.326 e. The van der Waals surface area contributed by atoms with Gasteiger partial charge in [-0.1, -0.05) is 32.9 Å². The standard InChI is InChI=1S/C18H28N2O3S/c1-18(2,3)14-5-7-15(8-6-14)19-17(21)9-11-20(4)16-10-12-24(22,23)13-16/h5-8,16H,9-13H2,1-4H3,(H,19,21). The number of rotatable bonds is 5. The minimum absolute atomic E-state index is 0.0360. The third-order valence-electron chi connectivity index (χ3n) is 4.56. The Labute approximate surface area is 145 Å². The summed E-state index contributed by atoms with van der Waals surface area (Å²) in [5.41, 5.74) is 2.11. The lowest BCUT2D eigenvalue weighted by Crippen LogP contribution is -2.35. The first-order chi connectivity index (χ1) is 11.1. The van der Waals surface area contributed by atoms with Crippen molar-refractivity contribution >= 4 is 21.4 Å². The number of carbonyl (C=O) groups excluding carboxylic acids is 1. The van der Waals surface area contributed by atoms with Crippen LogP contribution in [0, 0.1) is 0 Å². The highest BCUT2D eigenvalue weighted by Gasteiger charge is 2.30. The highest BCUT2D eigenvalue weighted by molar-refractivity contribution is 7.91. The van der Waals surface area contributed by atoms with E-state index in [0.717, 1.165) is 5.69 Å². The first kappa shape index (κ1) is 18.9.